The third-order valence-corrected chi connectivity index (χ3v) is 10.8. The molecule has 0 aromatic rings. The van der Waals surface area contributed by atoms with E-state index in [0.29, 0.717) is 112 Å². The van der Waals surface area contributed by atoms with Gasteiger partial charge in [-0.3, -0.25) is 33.3 Å². The standard InChI is InChI=1S/C43H84N7O17PS/c1-6-7-10-50(30-39(52)49-37(27-33(2)3)43(56)47-29-38(51)48-35(5)41(54)46-28-34(4)31-68(57,58)59)40(53)8-11-60-13-15-62-17-19-64-21-23-66-25-26-67-24-22-65-20-18-63-16-14-61-12-9-45-42(55)36(44)32-69/h33-37,69H,6-32,44H2,1-5H3,(H,45,55)(H,46,54)(H,47,56)(H,48,51)(H,49,52)(H2,57,58,59)/t34-,35+,36+,37+/m1/s1. The van der Waals surface area contributed by atoms with E-state index in [1.165, 1.54) is 11.8 Å². The summed E-state index contributed by atoms with van der Waals surface area (Å²) in [4.78, 5) is 95.3. The molecule has 9 N–H and O–H groups in total. The van der Waals surface area contributed by atoms with Crippen LogP contribution in [0.2, 0.25) is 0 Å². The van der Waals surface area contributed by atoms with Gasteiger partial charge < -0.3 is 84.9 Å². The van der Waals surface area contributed by atoms with Gasteiger partial charge in [-0.25, -0.2) is 0 Å². The van der Waals surface area contributed by atoms with Crippen LogP contribution in [0.1, 0.15) is 60.3 Å². The fourth-order valence-electron chi connectivity index (χ4n) is 5.72. The summed E-state index contributed by atoms with van der Waals surface area (Å²) in [5, 5.41) is 12.8. The lowest BCUT2D eigenvalue weighted by atomic mass is 10.0. The van der Waals surface area contributed by atoms with Gasteiger partial charge in [-0.1, -0.05) is 34.1 Å². The number of carbonyl (C=O) groups is 6. The number of hydrogen-bond donors (Lipinski definition) is 9. The summed E-state index contributed by atoms with van der Waals surface area (Å²) >= 11 is 3.98. The van der Waals surface area contributed by atoms with E-state index in [9.17, 15) is 33.3 Å². The first-order chi connectivity index (χ1) is 32.9. The number of unbranched alkanes of at least 4 members (excludes halogenated alkanes) is 1. The Hall–Kier alpha value is -3.04. The second-order valence-electron chi connectivity index (χ2n) is 16.4. The lowest BCUT2D eigenvalue weighted by Gasteiger charge is -2.25. The molecule has 0 aromatic carbocycles. The van der Waals surface area contributed by atoms with Gasteiger partial charge in [-0.05, 0) is 31.6 Å². The molecule has 0 unspecified atom stereocenters. The van der Waals surface area contributed by atoms with Crippen molar-refractivity contribution in [1.29, 1.82) is 0 Å². The van der Waals surface area contributed by atoms with Crippen LogP contribution in [0.15, 0.2) is 0 Å². The maximum absolute atomic E-state index is 13.1. The van der Waals surface area contributed by atoms with Crippen molar-refractivity contribution in [2.75, 3.05) is 150 Å². The van der Waals surface area contributed by atoms with Crippen molar-refractivity contribution in [3.05, 3.63) is 0 Å². The van der Waals surface area contributed by atoms with Gasteiger partial charge in [0.25, 0.3) is 0 Å². The third kappa shape index (κ3) is 40.3. The van der Waals surface area contributed by atoms with Gasteiger partial charge in [0.2, 0.25) is 35.4 Å². The first kappa shape index (κ1) is 66.0. The number of nitrogens with zero attached hydrogens (tertiary/aromatic N) is 1. The second kappa shape index (κ2) is 42.6. The number of nitrogens with two attached hydrogens (primary N) is 1. The van der Waals surface area contributed by atoms with E-state index < -0.39 is 68.0 Å². The highest BCUT2D eigenvalue weighted by Gasteiger charge is 2.26. The number of carbonyl (C=O) groups excluding carboxylic acids is 6. The fourth-order valence-corrected chi connectivity index (χ4v) is 6.83. The van der Waals surface area contributed by atoms with Crippen molar-refractivity contribution in [2.24, 2.45) is 17.6 Å². The highest BCUT2D eigenvalue weighted by molar-refractivity contribution is 7.80. The summed E-state index contributed by atoms with van der Waals surface area (Å²) < 4.78 is 55.0. The Balaban J connectivity index is 4.14. The molecule has 4 atom stereocenters. The molecule has 0 rings (SSSR count). The summed E-state index contributed by atoms with van der Waals surface area (Å²) in [6, 6.07) is -2.60. The summed E-state index contributed by atoms with van der Waals surface area (Å²) in [5.74, 6) is -3.12. The Morgan fingerprint density at radius 2 is 1.12 bits per heavy atom. The van der Waals surface area contributed by atoms with Crippen LogP contribution < -0.4 is 32.3 Å². The molecule has 6 amide bonds. The normalized spacial score (nSPS) is 13.3. The Bertz CT molecular complexity index is 1450. The molecular formula is C43H84N7O17PS. The molecule has 0 radical (unpaired) electrons. The Kier molecular flexibility index (Phi) is 40.7. The molecule has 0 saturated heterocycles. The molecular weight excluding hydrogens is 950 g/mol. The maximum atomic E-state index is 13.1. The Morgan fingerprint density at radius 1 is 0.638 bits per heavy atom. The predicted octanol–water partition coefficient (Wildman–Crippen LogP) is -1.41. The van der Waals surface area contributed by atoms with Crippen molar-refractivity contribution in [3.8, 4) is 0 Å². The summed E-state index contributed by atoms with van der Waals surface area (Å²) in [7, 11) is -4.24. The van der Waals surface area contributed by atoms with Gasteiger partial charge in [0, 0.05) is 25.4 Å². The van der Waals surface area contributed by atoms with Crippen molar-refractivity contribution in [1.82, 2.24) is 31.5 Å². The van der Waals surface area contributed by atoms with Crippen LogP contribution in [0.4, 0.5) is 0 Å². The number of rotatable bonds is 46. The largest absolute Gasteiger partial charge is 0.379 e. The lowest BCUT2D eigenvalue weighted by molar-refractivity contribution is -0.138. The average molecular weight is 1030 g/mol. The maximum Gasteiger partial charge on any atom is 0.325 e. The predicted molar refractivity (Wildman–Crippen MR) is 259 cm³/mol. The molecule has 0 aliphatic carbocycles. The number of amides is 6. The van der Waals surface area contributed by atoms with E-state index in [-0.39, 0.29) is 62.6 Å². The zero-order valence-electron chi connectivity index (χ0n) is 41.4. The van der Waals surface area contributed by atoms with E-state index in [0.717, 1.165) is 6.42 Å². The number of thiol groups is 1. The van der Waals surface area contributed by atoms with Crippen molar-refractivity contribution < 1.29 is 81.0 Å². The van der Waals surface area contributed by atoms with Crippen LogP contribution in [0, 0.1) is 11.8 Å². The van der Waals surface area contributed by atoms with E-state index in [1.54, 1.807) is 6.92 Å². The molecule has 0 aliphatic heterocycles. The quantitative estimate of drug-likeness (QED) is 0.0192. The van der Waals surface area contributed by atoms with E-state index in [2.05, 4.69) is 39.2 Å². The van der Waals surface area contributed by atoms with Crippen LogP contribution in [-0.2, 0) is 71.2 Å². The minimum absolute atomic E-state index is 0.00257. The van der Waals surface area contributed by atoms with Gasteiger partial charge in [0.05, 0.1) is 137 Å². The molecule has 0 spiro atoms. The van der Waals surface area contributed by atoms with Crippen molar-refractivity contribution in [2.45, 2.75) is 78.4 Å². The summed E-state index contributed by atoms with van der Waals surface area (Å²) in [6.07, 6.45) is 1.36. The lowest BCUT2D eigenvalue weighted by Crippen LogP contribution is -2.53. The number of ether oxygens (including phenoxy) is 8. The van der Waals surface area contributed by atoms with Gasteiger partial charge in [0.15, 0.2) is 0 Å². The van der Waals surface area contributed by atoms with Crippen LogP contribution in [0.3, 0.4) is 0 Å². The molecule has 0 aliphatic rings. The minimum atomic E-state index is -4.24. The Labute approximate surface area is 413 Å². The van der Waals surface area contributed by atoms with E-state index in [4.69, 9.17) is 53.4 Å². The summed E-state index contributed by atoms with van der Waals surface area (Å²) in [6.45, 7) is 14.6. The van der Waals surface area contributed by atoms with Crippen molar-refractivity contribution in [3.63, 3.8) is 0 Å². The summed E-state index contributed by atoms with van der Waals surface area (Å²) in [5.41, 5.74) is 5.56. The van der Waals surface area contributed by atoms with Crippen molar-refractivity contribution >= 4 is 55.7 Å². The molecule has 0 saturated carbocycles. The Morgan fingerprint density at radius 3 is 1.57 bits per heavy atom. The molecule has 24 nitrogen and oxygen atoms in total. The molecule has 404 valence electrons. The van der Waals surface area contributed by atoms with Crippen LogP contribution in [-0.4, -0.2) is 219 Å². The second-order valence-corrected chi connectivity index (χ2v) is 18.4. The van der Waals surface area contributed by atoms with Crippen LogP contribution in [0.25, 0.3) is 0 Å². The molecule has 0 bridgehead atoms. The first-order valence-corrected chi connectivity index (χ1v) is 26.1. The molecule has 69 heavy (non-hydrogen) atoms. The molecule has 0 heterocycles. The molecule has 0 fully saturated rings. The SMILES string of the molecule is CCCCN(CC(=O)N[C@@H](CC(C)C)C(=O)NCC(=O)N[C@@H](C)C(=O)NC[C@@H](C)CP(=O)(O)O)C(=O)CCOCCOCCOCCOCCOCCOCCOCCOCCNC(=O)[C@@H](N)CS. The zero-order chi connectivity index (χ0) is 51.7. The van der Waals surface area contributed by atoms with Gasteiger partial charge >= 0.3 is 7.60 Å². The van der Waals surface area contributed by atoms with Crippen LogP contribution >= 0.6 is 20.2 Å². The van der Waals surface area contributed by atoms with E-state index >= 15 is 0 Å². The first-order valence-electron chi connectivity index (χ1n) is 23.6. The van der Waals surface area contributed by atoms with Gasteiger partial charge in [-0.15, -0.1) is 0 Å². The van der Waals surface area contributed by atoms with Gasteiger partial charge in [0.1, 0.15) is 12.1 Å². The number of nitrogens with one attached hydrogen (secondary N) is 5. The minimum Gasteiger partial charge on any atom is -0.379 e. The number of hydrogen-bond acceptors (Lipinski definition) is 17. The van der Waals surface area contributed by atoms with Crippen LogP contribution in [0.5, 0.6) is 0 Å². The highest BCUT2D eigenvalue weighted by atomic mass is 32.1. The topological polar surface area (TPSA) is 323 Å². The molecule has 0 aromatic heterocycles. The molecule has 26 heteroatoms. The van der Waals surface area contributed by atoms with E-state index in [1.807, 2.05) is 20.8 Å². The zero-order valence-corrected chi connectivity index (χ0v) is 43.2. The fraction of sp³-hybridized carbons (Fsp3) is 0.860. The van der Waals surface area contributed by atoms with Gasteiger partial charge in [-0.2, -0.15) is 12.6 Å². The average Bonchev–Trinajstić information content (AvgIpc) is 3.29. The highest BCUT2D eigenvalue weighted by Crippen LogP contribution is 2.36. The third-order valence-electron chi connectivity index (χ3n) is 9.34. The monoisotopic (exact) mass is 1030 g/mol. The smallest absolute Gasteiger partial charge is 0.325 e.